The number of fused-ring (bicyclic) bond motifs is 1. The Balaban J connectivity index is 1.87. The van der Waals surface area contributed by atoms with Crippen LogP contribution >= 0.6 is 0 Å². The van der Waals surface area contributed by atoms with Gasteiger partial charge in [-0.15, -0.1) is 0 Å². The lowest BCUT2D eigenvalue weighted by molar-refractivity contribution is -0.122. The van der Waals surface area contributed by atoms with Crippen LogP contribution in [-0.4, -0.2) is 20.7 Å². The number of benzene rings is 1. The molecule has 0 saturated carbocycles. The molecule has 1 atom stereocenters. The van der Waals surface area contributed by atoms with E-state index in [9.17, 15) is 13.6 Å². The second-order valence-corrected chi connectivity index (χ2v) is 6.53. The molecule has 2 aromatic heterocycles. The molecule has 5 nitrogen and oxygen atoms in total. The molecule has 3 rings (SSSR count). The van der Waals surface area contributed by atoms with Crippen molar-refractivity contribution in [2.24, 2.45) is 0 Å². The summed E-state index contributed by atoms with van der Waals surface area (Å²) in [4.78, 5) is 16.9. The van der Waals surface area contributed by atoms with Crippen LogP contribution < -0.4 is 5.32 Å². The molecular formula is C20H22F2N4O. The van der Waals surface area contributed by atoms with Gasteiger partial charge in [-0.05, 0) is 31.9 Å². The molecule has 1 N–H and O–H groups in total. The molecular weight excluding hydrogens is 350 g/mol. The summed E-state index contributed by atoms with van der Waals surface area (Å²) in [5.74, 6) is -0.239. The van der Waals surface area contributed by atoms with E-state index in [1.54, 1.807) is 13.8 Å². The van der Waals surface area contributed by atoms with Crippen LogP contribution in [-0.2, 0) is 11.3 Å². The number of pyridine rings is 1. The van der Waals surface area contributed by atoms with E-state index >= 15 is 0 Å². The topological polar surface area (TPSA) is 59.8 Å². The fraction of sp³-hybridized carbons (Fsp3) is 0.350. The van der Waals surface area contributed by atoms with Crippen molar-refractivity contribution in [1.82, 2.24) is 20.1 Å². The Labute approximate surface area is 156 Å². The molecule has 1 unspecified atom stereocenters. The standard InChI is InChI=1S/C20H22F2N4O/c1-4-16(14-8-6-5-7-9-14)24-17(27)11-26-20-18(13(3)25-26)15(19(21)22)10-12(2)23-20/h5-10,16,19H,4,11H2,1-3H3,(H,24,27). The molecule has 1 amide bonds. The van der Waals surface area contributed by atoms with Crippen LogP contribution in [0.25, 0.3) is 11.0 Å². The monoisotopic (exact) mass is 372 g/mol. The van der Waals surface area contributed by atoms with Crippen LogP contribution in [0.5, 0.6) is 0 Å². The number of hydrogen-bond donors (Lipinski definition) is 1. The number of aryl methyl sites for hydroxylation is 2. The first-order chi connectivity index (χ1) is 12.9. The van der Waals surface area contributed by atoms with E-state index in [1.165, 1.54) is 10.7 Å². The predicted octanol–water partition coefficient (Wildman–Crippen LogP) is 4.25. The highest BCUT2D eigenvalue weighted by Crippen LogP contribution is 2.30. The normalized spacial score (nSPS) is 12.5. The van der Waals surface area contributed by atoms with Crippen molar-refractivity contribution in [3.05, 3.63) is 58.9 Å². The van der Waals surface area contributed by atoms with Gasteiger partial charge in [0.05, 0.1) is 17.1 Å². The van der Waals surface area contributed by atoms with E-state index in [2.05, 4.69) is 15.4 Å². The highest BCUT2D eigenvalue weighted by atomic mass is 19.3. The summed E-state index contributed by atoms with van der Waals surface area (Å²) in [6.07, 6.45) is -1.89. The lowest BCUT2D eigenvalue weighted by Crippen LogP contribution is -2.31. The zero-order chi connectivity index (χ0) is 19.6. The summed E-state index contributed by atoms with van der Waals surface area (Å²) < 4.78 is 28.2. The van der Waals surface area contributed by atoms with Gasteiger partial charge in [-0.1, -0.05) is 37.3 Å². The molecule has 0 bridgehead atoms. The number of rotatable bonds is 6. The largest absolute Gasteiger partial charge is 0.348 e. The van der Waals surface area contributed by atoms with Gasteiger partial charge in [0.1, 0.15) is 6.54 Å². The lowest BCUT2D eigenvalue weighted by atomic mass is 10.0. The molecule has 3 aromatic rings. The first kappa shape index (κ1) is 18.9. The average Bonchev–Trinajstić information content (AvgIpc) is 2.94. The summed E-state index contributed by atoms with van der Waals surface area (Å²) >= 11 is 0. The summed E-state index contributed by atoms with van der Waals surface area (Å²) in [5.41, 5.74) is 2.14. The van der Waals surface area contributed by atoms with E-state index in [4.69, 9.17) is 0 Å². The molecule has 0 radical (unpaired) electrons. The maximum Gasteiger partial charge on any atom is 0.264 e. The van der Waals surface area contributed by atoms with Crippen LogP contribution in [0.3, 0.4) is 0 Å². The lowest BCUT2D eigenvalue weighted by Gasteiger charge is -2.17. The number of amides is 1. The van der Waals surface area contributed by atoms with Gasteiger partial charge >= 0.3 is 0 Å². The molecule has 142 valence electrons. The van der Waals surface area contributed by atoms with Gasteiger partial charge in [-0.2, -0.15) is 5.10 Å². The maximum atomic E-state index is 13.4. The summed E-state index contributed by atoms with van der Waals surface area (Å²) in [7, 11) is 0. The number of carbonyl (C=O) groups excluding carboxylic acids is 1. The quantitative estimate of drug-likeness (QED) is 0.704. The molecule has 27 heavy (non-hydrogen) atoms. The number of nitrogens with one attached hydrogen (secondary N) is 1. The minimum atomic E-state index is -2.62. The van der Waals surface area contributed by atoms with Gasteiger partial charge in [0.25, 0.3) is 6.43 Å². The molecule has 0 aliphatic rings. The van der Waals surface area contributed by atoms with E-state index < -0.39 is 6.43 Å². The third-order valence-corrected chi connectivity index (χ3v) is 4.51. The van der Waals surface area contributed by atoms with Gasteiger partial charge in [0, 0.05) is 11.3 Å². The first-order valence-electron chi connectivity index (χ1n) is 8.87. The second kappa shape index (κ2) is 7.82. The molecule has 0 spiro atoms. The van der Waals surface area contributed by atoms with Gasteiger partial charge < -0.3 is 5.32 Å². The molecule has 0 aliphatic heterocycles. The Hall–Kier alpha value is -2.83. The molecule has 7 heteroatoms. The average molecular weight is 372 g/mol. The molecule has 0 fully saturated rings. The maximum absolute atomic E-state index is 13.4. The van der Waals surface area contributed by atoms with Gasteiger partial charge in [0.15, 0.2) is 5.65 Å². The SMILES string of the molecule is CCC(NC(=O)Cn1nc(C)c2c(C(F)F)cc(C)nc21)c1ccccc1. The Kier molecular flexibility index (Phi) is 5.48. The smallest absolute Gasteiger partial charge is 0.264 e. The van der Waals surface area contributed by atoms with Crippen molar-refractivity contribution in [3.8, 4) is 0 Å². The highest BCUT2D eigenvalue weighted by molar-refractivity contribution is 5.84. The zero-order valence-electron chi connectivity index (χ0n) is 15.5. The predicted molar refractivity (Wildman–Crippen MR) is 99.6 cm³/mol. The molecule has 1 aromatic carbocycles. The summed E-state index contributed by atoms with van der Waals surface area (Å²) in [6.45, 7) is 5.22. The molecule has 0 aliphatic carbocycles. The Morgan fingerprint density at radius 2 is 1.93 bits per heavy atom. The van der Waals surface area contributed by atoms with Crippen molar-refractivity contribution in [2.75, 3.05) is 0 Å². The van der Waals surface area contributed by atoms with Gasteiger partial charge in [0.2, 0.25) is 5.91 Å². The number of alkyl halides is 2. The minimum Gasteiger partial charge on any atom is -0.348 e. The number of hydrogen-bond acceptors (Lipinski definition) is 3. The fourth-order valence-corrected chi connectivity index (χ4v) is 3.28. The third-order valence-electron chi connectivity index (χ3n) is 4.51. The van der Waals surface area contributed by atoms with E-state index in [0.29, 0.717) is 22.4 Å². The third kappa shape index (κ3) is 3.97. The van der Waals surface area contributed by atoms with Gasteiger partial charge in [-0.3, -0.25) is 4.79 Å². The Bertz CT molecular complexity index is 954. The number of carbonyl (C=O) groups is 1. The highest BCUT2D eigenvalue weighted by Gasteiger charge is 2.21. The van der Waals surface area contributed by atoms with Crippen LogP contribution in [0.15, 0.2) is 36.4 Å². The van der Waals surface area contributed by atoms with Crippen molar-refractivity contribution in [1.29, 1.82) is 0 Å². The molecule has 0 saturated heterocycles. The molecule has 2 heterocycles. The van der Waals surface area contributed by atoms with Crippen molar-refractivity contribution < 1.29 is 13.6 Å². The van der Waals surface area contributed by atoms with Gasteiger partial charge in [-0.25, -0.2) is 18.4 Å². The van der Waals surface area contributed by atoms with Crippen molar-refractivity contribution in [2.45, 2.75) is 46.2 Å². The summed E-state index contributed by atoms with van der Waals surface area (Å²) in [6, 6.07) is 10.9. The van der Waals surface area contributed by atoms with Crippen LogP contribution in [0.1, 0.15) is 48.3 Å². The number of halogens is 2. The number of aromatic nitrogens is 3. The van der Waals surface area contributed by atoms with E-state index in [1.807, 2.05) is 37.3 Å². The van der Waals surface area contributed by atoms with Crippen LogP contribution in [0, 0.1) is 13.8 Å². The number of nitrogens with zero attached hydrogens (tertiary/aromatic N) is 3. The zero-order valence-corrected chi connectivity index (χ0v) is 15.5. The van der Waals surface area contributed by atoms with E-state index in [-0.39, 0.29) is 24.1 Å². The van der Waals surface area contributed by atoms with E-state index in [0.717, 1.165) is 12.0 Å². The Morgan fingerprint density at radius 3 is 2.56 bits per heavy atom. The first-order valence-corrected chi connectivity index (χ1v) is 8.87. The second-order valence-electron chi connectivity index (χ2n) is 6.53. The Morgan fingerprint density at radius 1 is 1.22 bits per heavy atom. The van der Waals surface area contributed by atoms with Crippen LogP contribution in [0.4, 0.5) is 8.78 Å². The van der Waals surface area contributed by atoms with Crippen molar-refractivity contribution in [3.63, 3.8) is 0 Å². The van der Waals surface area contributed by atoms with Crippen LogP contribution in [0.2, 0.25) is 0 Å². The minimum absolute atomic E-state index is 0.0766. The van der Waals surface area contributed by atoms with Crippen molar-refractivity contribution >= 4 is 16.9 Å². The summed E-state index contributed by atoms with van der Waals surface area (Å²) in [5, 5.41) is 7.58. The fourth-order valence-electron chi connectivity index (χ4n) is 3.28.